The van der Waals surface area contributed by atoms with Crippen LogP contribution >= 0.6 is 0 Å². The minimum atomic E-state index is -4.56. The van der Waals surface area contributed by atoms with E-state index in [4.69, 9.17) is 0 Å². The Balaban J connectivity index is 1.38. The zero-order chi connectivity index (χ0) is 23.4. The molecule has 2 heterocycles. The van der Waals surface area contributed by atoms with Gasteiger partial charge >= 0.3 is 12.2 Å². The molecule has 2 N–H and O–H groups in total. The standard InChI is InChI=1S/C24H24F3N5O/c1-16-12-14-32(15-13-16)22-11-10-20(30-31-22)17-6-8-18(9-7-17)28-23(33)29-21-5-3-2-4-19(21)24(25,26)27/h2-11,16H,12-15H2,1H3,(H2,28,29,33). The maximum Gasteiger partial charge on any atom is 0.418 e. The van der Waals surface area contributed by atoms with Crippen LogP contribution in [-0.2, 0) is 6.18 Å². The van der Waals surface area contributed by atoms with Crippen molar-refractivity contribution in [2.45, 2.75) is 25.9 Å². The predicted molar refractivity (Wildman–Crippen MR) is 122 cm³/mol. The summed E-state index contributed by atoms with van der Waals surface area (Å²) >= 11 is 0. The summed E-state index contributed by atoms with van der Waals surface area (Å²) in [6.07, 6.45) is -2.27. The van der Waals surface area contributed by atoms with Crippen molar-refractivity contribution in [2.75, 3.05) is 28.6 Å². The third kappa shape index (κ3) is 5.60. The van der Waals surface area contributed by atoms with Gasteiger partial charge < -0.3 is 15.5 Å². The molecule has 1 aliphatic rings. The molecule has 9 heteroatoms. The zero-order valence-corrected chi connectivity index (χ0v) is 18.1. The number of hydrogen-bond donors (Lipinski definition) is 2. The molecule has 4 rings (SSSR count). The molecule has 33 heavy (non-hydrogen) atoms. The number of para-hydroxylation sites is 1. The maximum atomic E-state index is 13.1. The second kappa shape index (κ2) is 9.48. The average Bonchev–Trinajstić information content (AvgIpc) is 2.80. The van der Waals surface area contributed by atoms with Gasteiger partial charge in [-0.05, 0) is 55.2 Å². The molecule has 0 radical (unpaired) electrons. The quantitative estimate of drug-likeness (QED) is 0.503. The van der Waals surface area contributed by atoms with Crippen LogP contribution in [0.3, 0.4) is 0 Å². The molecule has 6 nitrogen and oxygen atoms in total. The summed E-state index contributed by atoms with van der Waals surface area (Å²) in [5.74, 6) is 1.60. The van der Waals surface area contributed by atoms with Gasteiger partial charge in [0.05, 0.1) is 16.9 Å². The number of carbonyl (C=O) groups is 1. The number of halogens is 3. The molecule has 2 amide bonds. The summed E-state index contributed by atoms with van der Waals surface area (Å²) in [5.41, 5.74) is 0.732. The average molecular weight is 455 g/mol. The van der Waals surface area contributed by atoms with Crippen LogP contribution in [0.1, 0.15) is 25.3 Å². The summed E-state index contributed by atoms with van der Waals surface area (Å²) in [6, 6.07) is 14.8. The molecule has 3 aromatic rings. The van der Waals surface area contributed by atoms with E-state index in [2.05, 4.69) is 32.7 Å². The number of urea groups is 1. The number of nitrogens with zero attached hydrogens (tertiary/aromatic N) is 3. The molecule has 0 atom stereocenters. The van der Waals surface area contributed by atoms with Gasteiger partial charge in [-0.1, -0.05) is 31.2 Å². The monoisotopic (exact) mass is 455 g/mol. The van der Waals surface area contributed by atoms with Crippen molar-refractivity contribution in [3.63, 3.8) is 0 Å². The first-order valence-corrected chi connectivity index (χ1v) is 10.7. The first-order valence-electron chi connectivity index (χ1n) is 10.7. The van der Waals surface area contributed by atoms with E-state index >= 15 is 0 Å². The Bertz CT molecular complexity index is 1090. The number of aromatic nitrogens is 2. The van der Waals surface area contributed by atoms with Gasteiger partial charge in [-0.2, -0.15) is 13.2 Å². The van der Waals surface area contributed by atoms with Crippen LogP contribution in [0.4, 0.5) is 35.2 Å². The predicted octanol–water partition coefficient (Wildman–Crippen LogP) is 6.04. The molecule has 0 spiro atoms. The molecular weight excluding hydrogens is 431 g/mol. The smallest absolute Gasteiger partial charge is 0.355 e. The van der Waals surface area contributed by atoms with Gasteiger partial charge in [-0.15, -0.1) is 10.2 Å². The summed E-state index contributed by atoms with van der Waals surface area (Å²) in [6.45, 7) is 4.21. The molecule has 2 aromatic carbocycles. The van der Waals surface area contributed by atoms with E-state index in [1.54, 1.807) is 24.3 Å². The van der Waals surface area contributed by atoms with Crippen LogP contribution < -0.4 is 15.5 Å². The van der Waals surface area contributed by atoms with Crippen molar-refractivity contribution in [3.8, 4) is 11.3 Å². The molecular formula is C24H24F3N5O. The van der Waals surface area contributed by atoms with Gasteiger partial charge in [0, 0.05) is 24.3 Å². The second-order valence-corrected chi connectivity index (χ2v) is 8.15. The van der Waals surface area contributed by atoms with Gasteiger partial charge in [0.2, 0.25) is 0 Å². The lowest BCUT2D eigenvalue weighted by atomic mass is 9.99. The van der Waals surface area contributed by atoms with E-state index in [0.717, 1.165) is 49.3 Å². The Morgan fingerprint density at radius 1 is 0.939 bits per heavy atom. The van der Waals surface area contributed by atoms with Crippen molar-refractivity contribution < 1.29 is 18.0 Å². The fourth-order valence-corrected chi connectivity index (χ4v) is 3.73. The molecule has 0 saturated carbocycles. The number of alkyl halides is 3. The number of piperidine rings is 1. The molecule has 0 bridgehead atoms. The lowest BCUT2D eigenvalue weighted by Gasteiger charge is -2.30. The van der Waals surface area contributed by atoms with Gasteiger partial charge in [0.15, 0.2) is 5.82 Å². The third-order valence-electron chi connectivity index (χ3n) is 5.68. The minimum Gasteiger partial charge on any atom is -0.355 e. The number of anilines is 3. The highest BCUT2D eigenvalue weighted by molar-refractivity contribution is 6.00. The van der Waals surface area contributed by atoms with Crippen molar-refractivity contribution in [2.24, 2.45) is 5.92 Å². The summed E-state index contributed by atoms with van der Waals surface area (Å²) in [5, 5.41) is 13.5. The van der Waals surface area contributed by atoms with E-state index in [1.165, 1.54) is 18.2 Å². The Kier molecular flexibility index (Phi) is 6.48. The van der Waals surface area contributed by atoms with Crippen LogP contribution in [0.25, 0.3) is 11.3 Å². The van der Waals surface area contributed by atoms with Gasteiger partial charge in [-0.3, -0.25) is 0 Å². The highest BCUT2D eigenvalue weighted by atomic mass is 19.4. The first kappa shape index (κ1) is 22.6. The van der Waals surface area contributed by atoms with Crippen molar-refractivity contribution in [1.82, 2.24) is 10.2 Å². The highest BCUT2D eigenvalue weighted by Crippen LogP contribution is 2.34. The molecule has 172 valence electrons. The Hall–Kier alpha value is -3.62. The number of nitrogens with one attached hydrogen (secondary N) is 2. The normalized spacial score (nSPS) is 14.7. The minimum absolute atomic E-state index is 0.308. The second-order valence-electron chi connectivity index (χ2n) is 8.15. The topological polar surface area (TPSA) is 70.2 Å². The lowest BCUT2D eigenvalue weighted by molar-refractivity contribution is -0.136. The molecule has 0 unspecified atom stereocenters. The van der Waals surface area contributed by atoms with Crippen molar-refractivity contribution in [3.05, 3.63) is 66.2 Å². The van der Waals surface area contributed by atoms with Gasteiger partial charge in [-0.25, -0.2) is 4.79 Å². The summed E-state index contributed by atoms with van der Waals surface area (Å²) in [4.78, 5) is 14.4. The zero-order valence-electron chi connectivity index (χ0n) is 18.1. The number of carbonyl (C=O) groups excluding carboxylic acids is 1. The van der Waals surface area contributed by atoms with E-state index in [-0.39, 0.29) is 5.69 Å². The van der Waals surface area contributed by atoms with E-state index in [0.29, 0.717) is 11.4 Å². The SMILES string of the molecule is CC1CCN(c2ccc(-c3ccc(NC(=O)Nc4ccccc4C(F)(F)F)cc3)nn2)CC1. The Morgan fingerprint density at radius 2 is 1.64 bits per heavy atom. The van der Waals surface area contributed by atoms with Crippen LogP contribution in [0.5, 0.6) is 0 Å². The number of amides is 2. The summed E-state index contributed by atoms with van der Waals surface area (Å²) in [7, 11) is 0. The van der Waals surface area contributed by atoms with Crippen LogP contribution in [-0.4, -0.2) is 29.3 Å². The fourth-order valence-electron chi connectivity index (χ4n) is 3.73. The van der Waals surface area contributed by atoms with Crippen molar-refractivity contribution in [1.29, 1.82) is 0 Å². The lowest BCUT2D eigenvalue weighted by Crippen LogP contribution is -2.33. The number of rotatable bonds is 4. The number of benzene rings is 2. The Labute approximate surface area is 189 Å². The van der Waals surface area contributed by atoms with Gasteiger partial charge in [0.25, 0.3) is 0 Å². The molecule has 1 saturated heterocycles. The van der Waals surface area contributed by atoms with E-state index in [1.807, 2.05) is 12.1 Å². The number of hydrogen-bond acceptors (Lipinski definition) is 4. The largest absolute Gasteiger partial charge is 0.418 e. The molecule has 1 aromatic heterocycles. The van der Waals surface area contributed by atoms with Crippen LogP contribution in [0, 0.1) is 5.92 Å². The maximum absolute atomic E-state index is 13.1. The highest BCUT2D eigenvalue weighted by Gasteiger charge is 2.33. The Morgan fingerprint density at radius 3 is 2.27 bits per heavy atom. The van der Waals surface area contributed by atoms with Crippen LogP contribution in [0.2, 0.25) is 0 Å². The van der Waals surface area contributed by atoms with Crippen LogP contribution in [0.15, 0.2) is 60.7 Å². The molecule has 0 aliphatic carbocycles. The molecule has 1 aliphatic heterocycles. The summed E-state index contributed by atoms with van der Waals surface area (Å²) < 4.78 is 39.3. The third-order valence-corrected chi connectivity index (χ3v) is 5.68. The van der Waals surface area contributed by atoms with Gasteiger partial charge in [0.1, 0.15) is 0 Å². The molecule has 1 fully saturated rings. The van der Waals surface area contributed by atoms with E-state index in [9.17, 15) is 18.0 Å². The van der Waals surface area contributed by atoms with E-state index < -0.39 is 17.8 Å². The fraction of sp³-hybridized carbons (Fsp3) is 0.292. The first-order chi connectivity index (χ1) is 15.8. The van der Waals surface area contributed by atoms with Crippen molar-refractivity contribution >= 4 is 23.2 Å².